The van der Waals surface area contributed by atoms with Crippen molar-refractivity contribution in [3.63, 3.8) is 0 Å². The molecule has 0 aliphatic rings. The minimum atomic E-state index is -0.524. The second-order valence-corrected chi connectivity index (χ2v) is 6.57. The molecule has 1 rings (SSSR count). The first kappa shape index (κ1) is 18.3. The summed E-state index contributed by atoms with van der Waals surface area (Å²) in [6, 6.07) is 5.82. The number of carbonyl (C=O) groups is 1. The number of carbonyl (C=O) groups excluding carboxylic acids is 1. The van der Waals surface area contributed by atoms with Gasteiger partial charge in [0.15, 0.2) is 0 Å². The Hall–Kier alpha value is -1.75. The lowest BCUT2D eigenvalue weighted by molar-refractivity contribution is 0.0635. The summed E-state index contributed by atoms with van der Waals surface area (Å²) in [4.78, 5) is 14.0. The number of benzene rings is 1. The molecule has 124 valence electrons. The number of ether oxygens (including phenoxy) is 2. The highest BCUT2D eigenvalue weighted by Gasteiger charge is 2.17. The Morgan fingerprint density at radius 2 is 1.95 bits per heavy atom. The van der Waals surface area contributed by atoms with E-state index in [9.17, 15) is 4.79 Å². The van der Waals surface area contributed by atoms with Gasteiger partial charge in [-0.1, -0.05) is 6.07 Å². The number of amides is 1. The summed E-state index contributed by atoms with van der Waals surface area (Å²) >= 11 is 0. The first-order chi connectivity index (χ1) is 10.2. The molecule has 5 heteroatoms. The largest absolute Gasteiger partial charge is 0.495 e. The summed E-state index contributed by atoms with van der Waals surface area (Å²) in [6.45, 7) is 6.53. The smallest absolute Gasteiger partial charge is 0.412 e. The Morgan fingerprint density at radius 3 is 2.50 bits per heavy atom. The first-order valence-electron chi connectivity index (χ1n) is 7.53. The number of hydrogen-bond acceptors (Lipinski definition) is 4. The Bertz CT molecular complexity index is 493. The van der Waals surface area contributed by atoms with Crippen LogP contribution in [0.3, 0.4) is 0 Å². The molecule has 22 heavy (non-hydrogen) atoms. The molecule has 1 N–H and O–H groups in total. The van der Waals surface area contributed by atoms with E-state index in [1.165, 1.54) is 5.56 Å². The lowest BCUT2D eigenvalue weighted by atomic mass is 10.1. The van der Waals surface area contributed by atoms with E-state index >= 15 is 0 Å². The maximum atomic E-state index is 11.8. The van der Waals surface area contributed by atoms with Crippen LogP contribution in [0.2, 0.25) is 0 Å². The van der Waals surface area contributed by atoms with Gasteiger partial charge in [0.05, 0.1) is 12.8 Å². The van der Waals surface area contributed by atoms with Crippen molar-refractivity contribution in [3.8, 4) is 5.75 Å². The topological polar surface area (TPSA) is 50.8 Å². The van der Waals surface area contributed by atoms with E-state index in [-0.39, 0.29) is 0 Å². The summed E-state index contributed by atoms with van der Waals surface area (Å²) in [5.41, 5.74) is 1.28. The molecular formula is C17H28N2O3. The minimum absolute atomic E-state index is 0.480. The van der Waals surface area contributed by atoms with Crippen LogP contribution in [0.4, 0.5) is 10.5 Å². The third kappa shape index (κ3) is 6.80. The molecule has 0 saturated heterocycles. The molecule has 0 bridgehead atoms. The monoisotopic (exact) mass is 308 g/mol. The molecule has 1 amide bonds. The van der Waals surface area contributed by atoms with Crippen LogP contribution >= 0.6 is 0 Å². The fourth-order valence-electron chi connectivity index (χ4n) is 2.01. The quantitative estimate of drug-likeness (QED) is 0.873. The molecular weight excluding hydrogens is 280 g/mol. The van der Waals surface area contributed by atoms with Crippen molar-refractivity contribution in [2.24, 2.45) is 0 Å². The van der Waals surface area contributed by atoms with Gasteiger partial charge in [-0.2, -0.15) is 0 Å². The Balaban J connectivity index is 2.70. The predicted molar refractivity (Wildman–Crippen MR) is 89.7 cm³/mol. The van der Waals surface area contributed by atoms with Crippen molar-refractivity contribution in [1.82, 2.24) is 4.90 Å². The van der Waals surface area contributed by atoms with Crippen molar-refractivity contribution in [3.05, 3.63) is 23.8 Å². The van der Waals surface area contributed by atoms with Gasteiger partial charge in [-0.3, -0.25) is 5.32 Å². The number of rotatable bonds is 6. The van der Waals surface area contributed by atoms with Gasteiger partial charge < -0.3 is 14.4 Å². The Kier molecular flexibility index (Phi) is 6.68. The van der Waals surface area contributed by atoms with Gasteiger partial charge in [0.25, 0.3) is 0 Å². The molecule has 0 saturated carbocycles. The summed E-state index contributed by atoms with van der Waals surface area (Å²) in [7, 11) is 5.72. The van der Waals surface area contributed by atoms with Crippen LogP contribution in [-0.4, -0.2) is 44.3 Å². The van der Waals surface area contributed by atoms with E-state index in [2.05, 4.69) is 24.3 Å². The fraction of sp³-hybridized carbons (Fsp3) is 0.588. The third-order valence-corrected chi connectivity index (χ3v) is 2.97. The number of anilines is 1. The number of hydrogen-bond donors (Lipinski definition) is 1. The van der Waals surface area contributed by atoms with Crippen molar-refractivity contribution >= 4 is 11.8 Å². The van der Waals surface area contributed by atoms with Crippen LogP contribution in [0, 0.1) is 0 Å². The van der Waals surface area contributed by atoms with Gasteiger partial charge in [0, 0.05) is 0 Å². The average Bonchev–Trinajstić information content (AvgIpc) is 2.37. The second-order valence-electron chi connectivity index (χ2n) is 6.57. The fourth-order valence-corrected chi connectivity index (χ4v) is 2.01. The second kappa shape index (κ2) is 8.03. The molecule has 0 aromatic heterocycles. The number of nitrogens with one attached hydrogen (secondary N) is 1. The van der Waals surface area contributed by atoms with Gasteiger partial charge >= 0.3 is 6.09 Å². The lowest BCUT2D eigenvalue weighted by Crippen LogP contribution is -2.27. The standard InChI is InChI=1S/C17H28N2O3/c1-17(2,3)22-16(20)18-14-10-9-13(12-15(14)21-6)8-7-11-19(4)5/h9-10,12H,7-8,11H2,1-6H3,(H,18,20). The van der Waals surface area contributed by atoms with E-state index in [0.717, 1.165) is 19.4 Å². The van der Waals surface area contributed by atoms with Gasteiger partial charge in [-0.15, -0.1) is 0 Å². The molecule has 5 nitrogen and oxygen atoms in total. The summed E-state index contributed by atoms with van der Waals surface area (Å²) in [6.07, 6.45) is 1.57. The van der Waals surface area contributed by atoms with Crippen LogP contribution in [0.15, 0.2) is 18.2 Å². The highest BCUT2D eigenvalue weighted by atomic mass is 16.6. The Labute approximate surface area is 133 Å². The zero-order valence-corrected chi connectivity index (χ0v) is 14.5. The van der Waals surface area contributed by atoms with Gasteiger partial charge in [0.1, 0.15) is 11.4 Å². The van der Waals surface area contributed by atoms with E-state index in [4.69, 9.17) is 9.47 Å². The summed E-state index contributed by atoms with van der Waals surface area (Å²) in [5.74, 6) is 0.646. The first-order valence-corrected chi connectivity index (χ1v) is 7.53. The van der Waals surface area contributed by atoms with Crippen LogP contribution in [-0.2, 0) is 11.2 Å². The number of methoxy groups -OCH3 is 1. The van der Waals surface area contributed by atoms with E-state index < -0.39 is 11.7 Å². The Morgan fingerprint density at radius 1 is 1.27 bits per heavy atom. The minimum Gasteiger partial charge on any atom is -0.495 e. The van der Waals surface area contributed by atoms with Crippen molar-refractivity contribution in [2.75, 3.05) is 33.1 Å². The summed E-state index contributed by atoms with van der Waals surface area (Å²) < 4.78 is 10.6. The van der Waals surface area contributed by atoms with E-state index in [1.807, 2.05) is 39.0 Å². The van der Waals surface area contributed by atoms with Crippen LogP contribution in [0.25, 0.3) is 0 Å². The third-order valence-electron chi connectivity index (χ3n) is 2.97. The van der Waals surface area contributed by atoms with Crippen molar-refractivity contribution in [2.45, 2.75) is 39.2 Å². The van der Waals surface area contributed by atoms with Crippen molar-refractivity contribution < 1.29 is 14.3 Å². The maximum absolute atomic E-state index is 11.8. The maximum Gasteiger partial charge on any atom is 0.412 e. The zero-order chi connectivity index (χ0) is 16.8. The molecule has 0 aliphatic heterocycles. The SMILES string of the molecule is COc1cc(CCCN(C)C)ccc1NC(=O)OC(C)(C)C. The molecule has 0 radical (unpaired) electrons. The molecule has 1 aromatic carbocycles. The van der Waals surface area contributed by atoms with Gasteiger partial charge in [0.2, 0.25) is 0 Å². The molecule has 0 aliphatic carbocycles. The van der Waals surface area contributed by atoms with E-state index in [0.29, 0.717) is 11.4 Å². The van der Waals surface area contributed by atoms with Crippen molar-refractivity contribution in [1.29, 1.82) is 0 Å². The normalized spacial score (nSPS) is 11.4. The predicted octanol–water partition coefficient (Wildman–Crippen LogP) is 3.54. The highest BCUT2D eigenvalue weighted by Crippen LogP contribution is 2.26. The van der Waals surface area contributed by atoms with Gasteiger partial charge in [-0.05, 0) is 71.9 Å². The highest BCUT2D eigenvalue weighted by molar-refractivity contribution is 5.87. The molecule has 0 atom stereocenters. The molecule has 0 unspecified atom stereocenters. The van der Waals surface area contributed by atoms with Crippen LogP contribution in [0.1, 0.15) is 32.8 Å². The molecule has 0 spiro atoms. The number of nitrogens with zero attached hydrogens (tertiary/aromatic N) is 1. The molecule has 0 heterocycles. The number of aryl methyl sites for hydroxylation is 1. The zero-order valence-electron chi connectivity index (χ0n) is 14.5. The summed E-state index contributed by atoms with van der Waals surface area (Å²) in [5, 5.41) is 2.73. The molecule has 0 fully saturated rings. The lowest BCUT2D eigenvalue weighted by Gasteiger charge is -2.20. The van der Waals surface area contributed by atoms with Gasteiger partial charge in [-0.25, -0.2) is 4.79 Å². The average molecular weight is 308 g/mol. The molecule has 1 aromatic rings. The van der Waals surface area contributed by atoms with Crippen LogP contribution in [0.5, 0.6) is 5.75 Å². The van der Waals surface area contributed by atoms with Crippen LogP contribution < -0.4 is 10.1 Å². The van der Waals surface area contributed by atoms with E-state index in [1.54, 1.807) is 7.11 Å².